The molecule has 31 heavy (non-hydrogen) atoms. The summed E-state index contributed by atoms with van der Waals surface area (Å²) in [4.78, 5) is 25.8. The van der Waals surface area contributed by atoms with Crippen LogP contribution in [0.1, 0.15) is 18.4 Å². The molecule has 3 aromatic rings. The van der Waals surface area contributed by atoms with Gasteiger partial charge in [-0.1, -0.05) is 12.1 Å². The van der Waals surface area contributed by atoms with E-state index in [1.807, 2.05) is 24.3 Å². The Morgan fingerprint density at radius 1 is 1.23 bits per heavy atom. The zero-order valence-corrected chi connectivity index (χ0v) is 16.6. The number of carbonyl (C=O) groups is 1. The number of pyridine rings is 2. The number of urea groups is 1. The SMILES string of the molecule is N#Cc1cccc(-c2ccc3c(n2)N(C(=O)Nc2cncc(F)c2)[C@H]2CCCN3C2)c1. The van der Waals surface area contributed by atoms with Crippen LogP contribution in [-0.2, 0) is 0 Å². The number of benzene rings is 1. The Labute approximate surface area is 178 Å². The quantitative estimate of drug-likeness (QED) is 0.680. The second-order valence-electron chi connectivity index (χ2n) is 7.67. The molecular formula is C23H19FN6O. The molecule has 2 aliphatic rings. The second-order valence-corrected chi connectivity index (χ2v) is 7.67. The number of hydrogen-bond acceptors (Lipinski definition) is 5. The molecule has 2 aliphatic heterocycles. The van der Waals surface area contributed by atoms with E-state index in [0.717, 1.165) is 43.4 Å². The van der Waals surface area contributed by atoms with Gasteiger partial charge in [0.1, 0.15) is 5.82 Å². The first-order valence-corrected chi connectivity index (χ1v) is 10.1. The molecule has 2 amide bonds. The predicted octanol–water partition coefficient (Wildman–Crippen LogP) is 4.18. The van der Waals surface area contributed by atoms with Gasteiger partial charge in [-0.15, -0.1) is 0 Å². The number of aromatic nitrogens is 2. The van der Waals surface area contributed by atoms with Gasteiger partial charge in [-0.2, -0.15) is 5.26 Å². The van der Waals surface area contributed by atoms with Crippen molar-refractivity contribution < 1.29 is 9.18 Å². The van der Waals surface area contributed by atoms with Crippen molar-refractivity contribution in [2.45, 2.75) is 18.9 Å². The minimum absolute atomic E-state index is 0.0315. The van der Waals surface area contributed by atoms with Crippen molar-refractivity contribution in [3.63, 3.8) is 0 Å². The number of nitriles is 1. The third kappa shape index (κ3) is 3.55. The molecule has 0 radical (unpaired) electrons. The van der Waals surface area contributed by atoms with Crippen LogP contribution in [0.15, 0.2) is 54.9 Å². The number of anilines is 3. The zero-order chi connectivity index (χ0) is 21.4. The average molecular weight is 414 g/mol. The number of nitrogens with one attached hydrogen (secondary N) is 1. The molecule has 7 nitrogen and oxygen atoms in total. The summed E-state index contributed by atoms with van der Waals surface area (Å²) in [5.74, 6) is 0.0520. The predicted molar refractivity (Wildman–Crippen MR) is 115 cm³/mol. The fourth-order valence-electron chi connectivity index (χ4n) is 4.26. The van der Waals surface area contributed by atoms with Crippen molar-refractivity contribution in [1.82, 2.24) is 9.97 Å². The molecule has 1 N–H and O–H groups in total. The van der Waals surface area contributed by atoms with E-state index >= 15 is 0 Å². The van der Waals surface area contributed by atoms with Gasteiger partial charge in [0.15, 0.2) is 5.82 Å². The van der Waals surface area contributed by atoms with Gasteiger partial charge in [0.05, 0.1) is 47.1 Å². The Balaban J connectivity index is 1.55. The largest absolute Gasteiger partial charge is 0.366 e. The molecular weight excluding hydrogens is 395 g/mol. The lowest BCUT2D eigenvalue weighted by Gasteiger charge is -2.45. The molecule has 1 atom stereocenters. The van der Waals surface area contributed by atoms with Crippen molar-refractivity contribution in [2.24, 2.45) is 0 Å². The number of fused-ring (bicyclic) bond motifs is 4. The molecule has 2 aromatic heterocycles. The Kier molecular flexibility index (Phi) is 4.71. The Morgan fingerprint density at radius 3 is 2.97 bits per heavy atom. The van der Waals surface area contributed by atoms with E-state index in [4.69, 9.17) is 4.98 Å². The lowest BCUT2D eigenvalue weighted by atomic mass is 9.99. The van der Waals surface area contributed by atoms with E-state index in [-0.39, 0.29) is 12.1 Å². The summed E-state index contributed by atoms with van der Waals surface area (Å²) >= 11 is 0. The van der Waals surface area contributed by atoms with Crippen LogP contribution in [0.4, 0.5) is 26.4 Å². The average Bonchev–Trinajstić information content (AvgIpc) is 2.79. The van der Waals surface area contributed by atoms with Gasteiger partial charge < -0.3 is 10.2 Å². The summed E-state index contributed by atoms with van der Waals surface area (Å²) in [6.07, 6.45) is 4.34. The van der Waals surface area contributed by atoms with Gasteiger partial charge in [0, 0.05) is 24.7 Å². The van der Waals surface area contributed by atoms with Crippen LogP contribution in [0.25, 0.3) is 11.3 Å². The van der Waals surface area contributed by atoms with Crippen molar-refractivity contribution >= 4 is 23.2 Å². The van der Waals surface area contributed by atoms with Gasteiger partial charge in [-0.25, -0.2) is 14.2 Å². The number of nitrogens with zero attached hydrogens (tertiary/aromatic N) is 5. The first kappa shape index (κ1) is 19.0. The van der Waals surface area contributed by atoms with E-state index in [2.05, 4.69) is 21.3 Å². The van der Waals surface area contributed by atoms with Crippen LogP contribution in [0.5, 0.6) is 0 Å². The van der Waals surface area contributed by atoms with Gasteiger partial charge in [0.25, 0.3) is 0 Å². The van der Waals surface area contributed by atoms with E-state index < -0.39 is 5.82 Å². The van der Waals surface area contributed by atoms with E-state index in [9.17, 15) is 14.4 Å². The number of hydrogen-bond donors (Lipinski definition) is 1. The molecule has 1 saturated heterocycles. The van der Waals surface area contributed by atoms with Crippen molar-refractivity contribution in [3.05, 3.63) is 66.2 Å². The third-order valence-corrected chi connectivity index (χ3v) is 5.65. The topological polar surface area (TPSA) is 85.1 Å². The Bertz CT molecular complexity index is 1210. The molecule has 0 spiro atoms. The molecule has 4 heterocycles. The van der Waals surface area contributed by atoms with Crippen LogP contribution in [0.2, 0.25) is 0 Å². The second kappa shape index (κ2) is 7.69. The highest BCUT2D eigenvalue weighted by Crippen LogP contribution is 2.39. The standard InChI is InChI=1S/C23H19FN6O/c24-17-10-18(13-26-12-17)27-23(31)30-19-5-2-8-29(14-19)21-7-6-20(28-22(21)30)16-4-1-3-15(9-16)11-25/h1,3-4,6-7,9-10,12-13,19H,2,5,8,14H2,(H,27,31)/t19-/m0/s1. The van der Waals surface area contributed by atoms with Gasteiger partial charge in [-0.05, 0) is 37.1 Å². The first-order valence-electron chi connectivity index (χ1n) is 10.1. The summed E-state index contributed by atoms with van der Waals surface area (Å²) < 4.78 is 13.5. The van der Waals surface area contributed by atoms with Gasteiger partial charge >= 0.3 is 6.03 Å². The summed E-state index contributed by atoms with van der Waals surface area (Å²) in [7, 11) is 0. The highest BCUT2D eigenvalue weighted by Gasteiger charge is 2.38. The lowest BCUT2D eigenvalue weighted by molar-refractivity contribution is 0.252. The first-order chi connectivity index (χ1) is 15.1. The minimum atomic E-state index is -0.515. The number of carbonyl (C=O) groups excluding carboxylic acids is 1. The molecule has 0 aliphatic carbocycles. The maximum atomic E-state index is 13.5. The van der Waals surface area contributed by atoms with Crippen LogP contribution in [0, 0.1) is 17.1 Å². The third-order valence-electron chi connectivity index (χ3n) is 5.65. The fraction of sp³-hybridized carbons (Fsp3) is 0.217. The molecule has 0 unspecified atom stereocenters. The lowest BCUT2D eigenvalue weighted by Crippen LogP contribution is -2.56. The molecule has 8 heteroatoms. The number of piperidine rings is 1. The minimum Gasteiger partial charge on any atom is -0.366 e. The normalized spacial score (nSPS) is 17.0. The van der Waals surface area contributed by atoms with E-state index in [1.165, 1.54) is 12.3 Å². The van der Waals surface area contributed by atoms with Crippen molar-refractivity contribution in [1.29, 1.82) is 5.26 Å². The van der Waals surface area contributed by atoms with Crippen LogP contribution in [-0.4, -0.2) is 35.1 Å². The molecule has 2 bridgehead atoms. The summed E-state index contributed by atoms with van der Waals surface area (Å²) in [6, 6.07) is 14.1. The summed E-state index contributed by atoms with van der Waals surface area (Å²) in [5, 5.41) is 12.0. The Morgan fingerprint density at radius 2 is 2.13 bits per heavy atom. The maximum absolute atomic E-state index is 13.5. The van der Waals surface area contributed by atoms with Crippen molar-refractivity contribution in [2.75, 3.05) is 28.2 Å². The monoisotopic (exact) mass is 414 g/mol. The summed E-state index contributed by atoms with van der Waals surface area (Å²) in [6.45, 7) is 1.64. The highest BCUT2D eigenvalue weighted by molar-refractivity contribution is 6.04. The van der Waals surface area contributed by atoms with Crippen molar-refractivity contribution in [3.8, 4) is 17.3 Å². The van der Waals surface area contributed by atoms with Gasteiger partial charge in [-0.3, -0.25) is 9.88 Å². The maximum Gasteiger partial charge on any atom is 0.327 e. The molecule has 1 aromatic carbocycles. The smallest absolute Gasteiger partial charge is 0.327 e. The molecule has 5 rings (SSSR count). The highest BCUT2D eigenvalue weighted by atomic mass is 19.1. The molecule has 1 fully saturated rings. The number of halogens is 1. The number of amides is 2. The summed E-state index contributed by atoms with van der Waals surface area (Å²) in [5.41, 5.74) is 3.22. The molecule has 0 saturated carbocycles. The van der Waals surface area contributed by atoms with E-state index in [0.29, 0.717) is 22.8 Å². The zero-order valence-electron chi connectivity index (χ0n) is 16.6. The van der Waals surface area contributed by atoms with Gasteiger partial charge in [0.2, 0.25) is 0 Å². The Hall–Kier alpha value is -3.99. The van der Waals surface area contributed by atoms with Crippen LogP contribution in [0.3, 0.4) is 0 Å². The van der Waals surface area contributed by atoms with E-state index in [1.54, 1.807) is 17.0 Å². The van der Waals surface area contributed by atoms with Crippen LogP contribution >= 0.6 is 0 Å². The molecule has 154 valence electrons. The fourth-order valence-corrected chi connectivity index (χ4v) is 4.26. The van der Waals surface area contributed by atoms with Crippen LogP contribution < -0.4 is 15.1 Å². The number of rotatable bonds is 2.